The normalized spacial score (nSPS) is 24.3. The molecule has 2 unspecified atom stereocenters. The molecule has 1 saturated heterocycles. The molecule has 1 heterocycles. The number of carbonyl (C=O) groups is 3. The van der Waals surface area contributed by atoms with Gasteiger partial charge in [-0.05, 0) is 26.3 Å². The smallest absolute Gasteiger partial charge is 0.413 e. The van der Waals surface area contributed by atoms with Crippen LogP contribution in [0.1, 0.15) is 19.8 Å². The first-order valence-corrected chi connectivity index (χ1v) is 5.78. The Kier molecular flexibility index (Phi) is 5.08. The molecule has 0 spiro atoms. The third-order valence-corrected chi connectivity index (χ3v) is 3.14. The average Bonchev–Trinajstić information content (AvgIpc) is 2.31. The Balaban J connectivity index is 2.42. The Hall–Kier alpha value is -1.63. The molecule has 102 valence electrons. The molecule has 1 aliphatic rings. The molecule has 2 N–H and O–H groups in total. The lowest BCUT2D eigenvalue weighted by Crippen LogP contribution is -2.48. The number of carboxylic acids is 1. The van der Waals surface area contributed by atoms with Gasteiger partial charge in [0.2, 0.25) is 5.91 Å². The molecular formula is C11H18N2O5. The van der Waals surface area contributed by atoms with Crippen molar-refractivity contribution < 1.29 is 24.2 Å². The summed E-state index contributed by atoms with van der Waals surface area (Å²) in [5, 5.41) is 11.0. The molecule has 18 heavy (non-hydrogen) atoms. The molecule has 7 heteroatoms. The quantitative estimate of drug-likeness (QED) is 0.742. The van der Waals surface area contributed by atoms with Crippen LogP contribution in [-0.4, -0.2) is 54.2 Å². The Morgan fingerprint density at radius 2 is 2.11 bits per heavy atom. The van der Waals surface area contributed by atoms with Gasteiger partial charge in [0.15, 0.2) is 0 Å². The predicted molar refractivity (Wildman–Crippen MR) is 61.9 cm³/mol. The summed E-state index contributed by atoms with van der Waals surface area (Å²) >= 11 is 0. The van der Waals surface area contributed by atoms with Crippen molar-refractivity contribution in [3.8, 4) is 0 Å². The fraction of sp³-hybridized carbons (Fsp3) is 0.727. The highest BCUT2D eigenvalue weighted by molar-refractivity contribution is 5.92. The van der Waals surface area contributed by atoms with E-state index in [0.29, 0.717) is 19.4 Å². The van der Waals surface area contributed by atoms with Crippen LogP contribution in [-0.2, 0) is 14.3 Å². The number of likely N-dealkylation sites (tertiary alicyclic amines) is 1. The second-order valence-electron chi connectivity index (χ2n) is 4.42. The highest BCUT2D eigenvalue weighted by atomic mass is 16.5. The van der Waals surface area contributed by atoms with Crippen molar-refractivity contribution in [3.63, 3.8) is 0 Å². The first-order valence-electron chi connectivity index (χ1n) is 5.78. The number of hydrogen-bond donors (Lipinski definition) is 2. The molecule has 1 fully saturated rings. The molecule has 0 saturated carbocycles. The number of carbonyl (C=O) groups excluding carboxylic acids is 2. The number of carboxylic acid groups (broad SMARTS) is 1. The zero-order valence-corrected chi connectivity index (χ0v) is 10.5. The summed E-state index contributed by atoms with van der Waals surface area (Å²) < 4.78 is 4.32. The number of alkyl carbamates (subject to hydrolysis) is 1. The van der Waals surface area contributed by atoms with E-state index in [0.717, 1.165) is 0 Å². The number of hydrogen-bond acceptors (Lipinski definition) is 5. The molecule has 2 atom stereocenters. The van der Waals surface area contributed by atoms with Gasteiger partial charge in [0, 0.05) is 6.04 Å². The van der Waals surface area contributed by atoms with Gasteiger partial charge >= 0.3 is 12.1 Å². The molecule has 0 aliphatic carbocycles. The molecule has 0 aromatic carbocycles. The number of imide groups is 1. The Morgan fingerprint density at radius 1 is 1.44 bits per heavy atom. The van der Waals surface area contributed by atoms with Crippen molar-refractivity contribution in [1.82, 2.24) is 10.2 Å². The third kappa shape index (κ3) is 3.99. The minimum absolute atomic E-state index is 0.00301. The molecule has 0 bridgehead atoms. The summed E-state index contributed by atoms with van der Waals surface area (Å²) in [4.78, 5) is 35.0. The number of rotatable bonds is 3. The monoisotopic (exact) mass is 258 g/mol. The second kappa shape index (κ2) is 6.34. The first kappa shape index (κ1) is 14.4. The van der Waals surface area contributed by atoms with Crippen molar-refractivity contribution in [2.75, 3.05) is 20.2 Å². The number of nitrogens with zero attached hydrogens (tertiary/aromatic N) is 1. The van der Waals surface area contributed by atoms with Crippen molar-refractivity contribution in [2.45, 2.75) is 25.8 Å². The van der Waals surface area contributed by atoms with Crippen molar-refractivity contribution in [2.24, 2.45) is 5.92 Å². The zero-order chi connectivity index (χ0) is 13.7. The summed E-state index contributed by atoms with van der Waals surface area (Å²) in [6, 6.07) is 0.00301. The number of amides is 2. The van der Waals surface area contributed by atoms with E-state index in [9.17, 15) is 14.4 Å². The van der Waals surface area contributed by atoms with Crippen molar-refractivity contribution in [3.05, 3.63) is 0 Å². The van der Waals surface area contributed by atoms with Gasteiger partial charge in [0.25, 0.3) is 0 Å². The average molecular weight is 258 g/mol. The molecule has 0 radical (unpaired) electrons. The maximum atomic E-state index is 11.5. The lowest BCUT2D eigenvalue weighted by Gasteiger charge is -2.35. The Labute approximate surface area is 105 Å². The molecule has 0 aromatic heterocycles. The van der Waals surface area contributed by atoms with E-state index in [-0.39, 0.29) is 18.5 Å². The third-order valence-electron chi connectivity index (χ3n) is 3.14. The van der Waals surface area contributed by atoms with Gasteiger partial charge in [0.05, 0.1) is 19.6 Å². The molecule has 1 aliphatic heterocycles. The van der Waals surface area contributed by atoms with Gasteiger partial charge < -0.3 is 9.84 Å². The van der Waals surface area contributed by atoms with Gasteiger partial charge in [-0.1, -0.05) is 0 Å². The Morgan fingerprint density at radius 3 is 2.61 bits per heavy atom. The largest absolute Gasteiger partial charge is 0.481 e. The van der Waals surface area contributed by atoms with Crippen LogP contribution in [0.15, 0.2) is 0 Å². The van der Waals surface area contributed by atoms with E-state index < -0.39 is 18.0 Å². The number of ether oxygens (including phenoxy) is 1. The molecule has 1 rings (SSSR count). The van der Waals surface area contributed by atoms with Crippen LogP contribution < -0.4 is 5.32 Å². The molecule has 2 amide bonds. The summed E-state index contributed by atoms with van der Waals surface area (Å²) in [7, 11) is 1.18. The van der Waals surface area contributed by atoms with E-state index in [1.165, 1.54) is 7.11 Å². The van der Waals surface area contributed by atoms with Gasteiger partial charge in [-0.25, -0.2) is 4.79 Å². The maximum absolute atomic E-state index is 11.5. The minimum atomic E-state index is -0.791. The molecule has 0 aromatic rings. The first-order chi connectivity index (χ1) is 8.43. The van der Waals surface area contributed by atoms with Crippen LogP contribution in [0, 0.1) is 5.92 Å². The SMILES string of the molecule is COC(=O)NC(=O)CN1CCC(C(=O)O)CC1C. The van der Waals surface area contributed by atoms with Gasteiger partial charge in [-0.15, -0.1) is 0 Å². The van der Waals surface area contributed by atoms with Crippen LogP contribution in [0.25, 0.3) is 0 Å². The van der Waals surface area contributed by atoms with Crippen LogP contribution in [0.5, 0.6) is 0 Å². The van der Waals surface area contributed by atoms with Crippen molar-refractivity contribution in [1.29, 1.82) is 0 Å². The summed E-state index contributed by atoms with van der Waals surface area (Å²) in [6.07, 6.45) is 0.250. The summed E-state index contributed by atoms with van der Waals surface area (Å²) in [5.41, 5.74) is 0. The van der Waals surface area contributed by atoms with Crippen LogP contribution >= 0.6 is 0 Å². The maximum Gasteiger partial charge on any atom is 0.413 e. The zero-order valence-electron chi connectivity index (χ0n) is 10.5. The fourth-order valence-corrected chi connectivity index (χ4v) is 2.07. The van der Waals surface area contributed by atoms with Crippen LogP contribution in [0.3, 0.4) is 0 Å². The van der Waals surface area contributed by atoms with Gasteiger partial charge in [0.1, 0.15) is 0 Å². The molecule has 7 nitrogen and oxygen atoms in total. The van der Waals surface area contributed by atoms with Gasteiger partial charge in [-0.2, -0.15) is 0 Å². The highest BCUT2D eigenvalue weighted by Gasteiger charge is 2.30. The molecular weight excluding hydrogens is 240 g/mol. The van der Waals surface area contributed by atoms with E-state index in [1.54, 1.807) is 0 Å². The topological polar surface area (TPSA) is 95.9 Å². The van der Waals surface area contributed by atoms with E-state index in [1.807, 2.05) is 11.8 Å². The number of piperidine rings is 1. The highest BCUT2D eigenvalue weighted by Crippen LogP contribution is 2.22. The van der Waals surface area contributed by atoms with E-state index in [4.69, 9.17) is 5.11 Å². The fourth-order valence-electron chi connectivity index (χ4n) is 2.07. The van der Waals surface area contributed by atoms with E-state index >= 15 is 0 Å². The predicted octanol–water partition coefficient (Wildman–Crippen LogP) is 0.0541. The van der Waals surface area contributed by atoms with E-state index in [2.05, 4.69) is 10.1 Å². The van der Waals surface area contributed by atoms with Crippen LogP contribution in [0.4, 0.5) is 4.79 Å². The lowest BCUT2D eigenvalue weighted by atomic mass is 9.92. The summed E-state index contributed by atoms with van der Waals surface area (Å²) in [6.45, 7) is 2.48. The second-order valence-corrected chi connectivity index (χ2v) is 4.42. The number of methoxy groups -OCH3 is 1. The number of aliphatic carboxylic acids is 1. The lowest BCUT2D eigenvalue weighted by molar-refractivity contribution is -0.144. The summed E-state index contributed by atoms with van der Waals surface area (Å²) in [5.74, 6) is -1.58. The number of nitrogens with one attached hydrogen (secondary N) is 1. The Bertz CT molecular complexity index is 344. The van der Waals surface area contributed by atoms with Crippen molar-refractivity contribution >= 4 is 18.0 Å². The van der Waals surface area contributed by atoms with Crippen LogP contribution in [0.2, 0.25) is 0 Å². The van der Waals surface area contributed by atoms with Gasteiger partial charge in [-0.3, -0.25) is 19.8 Å². The minimum Gasteiger partial charge on any atom is -0.481 e. The standard InChI is InChI=1S/C11H18N2O5/c1-7-5-8(10(15)16)3-4-13(7)6-9(14)12-11(17)18-2/h7-8H,3-6H2,1-2H3,(H,15,16)(H,12,14,17).